The number of rotatable bonds is 0. The number of benzene rings is 1. The maximum atomic E-state index is 3.51. The topological polar surface area (TPSA) is 15.3 Å². The fraction of sp³-hybridized carbons (Fsp3) is 0.538. The highest BCUT2D eigenvalue weighted by atomic mass is 32.2. The largest absolute Gasteiger partial charge is 0.306 e. The van der Waals surface area contributed by atoms with Crippen molar-refractivity contribution >= 4 is 11.9 Å². The number of nitrogens with zero attached hydrogens (tertiary/aromatic N) is 1. The molecule has 0 radical (unpaired) electrons. The Bertz CT molecular complexity index is 383. The highest BCUT2D eigenvalue weighted by Crippen LogP contribution is 2.42. The number of hydrogen-bond acceptors (Lipinski definition) is 3. The van der Waals surface area contributed by atoms with Crippen LogP contribution < -0.4 is 4.72 Å². The third-order valence-electron chi connectivity index (χ3n) is 4.00. The van der Waals surface area contributed by atoms with Crippen molar-refractivity contribution in [3.63, 3.8) is 0 Å². The summed E-state index contributed by atoms with van der Waals surface area (Å²) in [5.41, 5.74) is 1.97. The van der Waals surface area contributed by atoms with Crippen LogP contribution in [0.5, 0.6) is 0 Å². The molecular weight excluding hydrogens is 216 g/mol. The first-order valence-electron chi connectivity index (χ1n) is 5.98. The van der Waals surface area contributed by atoms with Crippen LogP contribution >= 0.6 is 11.9 Å². The molecule has 2 nitrogen and oxygen atoms in total. The van der Waals surface area contributed by atoms with Crippen molar-refractivity contribution in [2.45, 2.75) is 23.2 Å². The fourth-order valence-corrected chi connectivity index (χ4v) is 3.88. The molecule has 16 heavy (non-hydrogen) atoms. The SMILES string of the molecule is CN1CCC2(CC1)CNSc1ccccc12. The van der Waals surface area contributed by atoms with E-state index in [1.165, 1.54) is 30.8 Å². The van der Waals surface area contributed by atoms with Gasteiger partial charge in [0.1, 0.15) is 0 Å². The lowest BCUT2D eigenvalue weighted by atomic mass is 9.73. The summed E-state index contributed by atoms with van der Waals surface area (Å²) < 4.78 is 3.51. The van der Waals surface area contributed by atoms with Crippen molar-refractivity contribution in [1.29, 1.82) is 0 Å². The summed E-state index contributed by atoms with van der Waals surface area (Å²) in [5.74, 6) is 0. The van der Waals surface area contributed by atoms with E-state index in [0.29, 0.717) is 5.41 Å². The molecule has 86 valence electrons. The third-order valence-corrected chi connectivity index (χ3v) is 4.86. The van der Waals surface area contributed by atoms with E-state index in [4.69, 9.17) is 0 Å². The summed E-state index contributed by atoms with van der Waals surface area (Å²) in [6.45, 7) is 3.57. The number of hydrogen-bond donors (Lipinski definition) is 1. The van der Waals surface area contributed by atoms with E-state index in [1.54, 1.807) is 17.5 Å². The Morgan fingerprint density at radius 2 is 2.00 bits per heavy atom. The van der Waals surface area contributed by atoms with E-state index in [-0.39, 0.29) is 0 Å². The molecule has 2 aliphatic heterocycles. The molecule has 1 saturated heterocycles. The standard InChI is InChI=1S/C13H18N2S/c1-15-8-6-13(7-9-15)10-14-16-12-5-3-2-4-11(12)13/h2-5,14H,6-10H2,1H3. The number of likely N-dealkylation sites (tertiary alicyclic amines) is 1. The van der Waals surface area contributed by atoms with Crippen LogP contribution in [0, 0.1) is 0 Å². The first-order valence-corrected chi connectivity index (χ1v) is 6.80. The molecule has 2 aliphatic rings. The molecule has 0 saturated carbocycles. The van der Waals surface area contributed by atoms with E-state index < -0.39 is 0 Å². The second kappa shape index (κ2) is 4.06. The Kier molecular flexibility index (Phi) is 2.70. The van der Waals surface area contributed by atoms with E-state index in [1.807, 2.05) is 0 Å². The van der Waals surface area contributed by atoms with Crippen molar-refractivity contribution in [1.82, 2.24) is 9.62 Å². The first kappa shape index (κ1) is 10.6. The minimum atomic E-state index is 0.397. The maximum Gasteiger partial charge on any atom is 0.0266 e. The van der Waals surface area contributed by atoms with Gasteiger partial charge < -0.3 is 4.90 Å². The molecule has 1 N–H and O–H groups in total. The molecule has 0 atom stereocenters. The normalized spacial score (nSPS) is 24.3. The summed E-state index contributed by atoms with van der Waals surface area (Å²) in [6, 6.07) is 8.90. The Hall–Kier alpha value is -0.510. The van der Waals surface area contributed by atoms with Crippen molar-refractivity contribution in [3.05, 3.63) is 29.8 Å². The zero-order chi connectivity index (χ0) is 11.0. The zero-order valence-corrected chi connectivity index (χ0v) is 10.5. The molecule has 0 unspecified atom stereocenters. The lowest BCUT2D eigenvalue weighted by molar-refractivity contribution is 0.185. The summed E-state index contributed by atoms with van der Waals surface area (Å²) in [5, 5.41) is 0. The average molecular weight is 234 g/mol. The van der Waals surface area contributed by atoms with Gasteiger partial charge in [-0.2, -0.15) is 0 Å². The van der Waals surface area contributed by atoms with Gasteiger partial charge in [0.2, 0.25) is 0 Å². The smallest absolute Gasteiger partial charge is 0.0266 e. The molecule has 0 aromatic heterocycles. The molecular formula is C13H18N2S. The number of piperidine rings is 1. The van der Waals surface area contributed by atoms with Crippen LogP contribution in [0.2, 0.25) is 0 Å². The van der Waals surface area contributed by atoms with Crippen molar-refractivity contribution < 1.29 is 0 Å². The Labute approximate surface area is 102 Å². The Balaban J connectivity index is 1.97. The van der Waals surface area contributed by atoms with Gasteiger partial charge in [-0.25, -0.2) is 0 Å². The average Bonchev–Trinajstić information content (AvgIpc) is 2.34. The zero-order valence-electron chi connectivity index (χ0n) is 9.70. The van der Waals surface area contributed by atoms with Crippen molar-refractivity contribution in [3.8, 4) is 0 Å². The van der Waals surface area contributed by atoms with Crippen molar-refractivity contribution in [2.75, 3.05) is 26.7 Å². The molecule has 0 aliphatic carbocycles. The van der Waals surface area contributed by atoms with Gasteiger partial charge in [0.05, 0.1) is 0 Å². The highest BCUT2D eigenvalue weighted by Gasteiger charge is 2.38. The summed E-state index contributed by atoms with van der Waals surface area (Å²) in [7, 11) is 2.23. The first-order chi connectivity index (χ1) is 7.80. The molecule has 0 amide bonds. The van der Waals surface area contributed by atoms with Gasteiger partial charge in [-0.05, 0) is 56.6 Å². The maximum absolute atomic E-state index is 3.51. The fourth-order valence-electron chi connectivity index (χ4n) is 2.83. The van der Waals surface area contributed by atoms with Gasteiger partial charge in [0, 0.05) is 16.9 Å². The molecule has 1 aromatic carbocycles. The highest BCUT2D eigenvalue weighted by molar-refractivity contribution is 7.97. The van der Waals surface area contributed by atoms with Gasteiger partial charge in [-0.15, -0.1) is 0 Å². The Morgan fingerprint density at radius 3 is 2.81 bits per heavy atom. The monoisotopic (exact) mass is 234 g/mol. The van der Waals surface area contributed by atoms with Crippen LogP contribution in [-0.4, -0.2) is 31.6 Å². The second-order valence-corrected chi connectivity index (χ2v) is 5.94. The molecule has 1 fully saturated rings. The van der Waals surface area contributed by atoms with E-state index in [0.717, 1.165) is 6.54 Å². The third kappa shape index (κ3) is 1.67. The summed E-state index contributed by atoms with van der Waals surface area (Å²) >= 11 is 1.79. The molecule has 1 aromatic rings. The van der Waals surface area contributed by atoms with Crippen LogP contribution in [0.3, 0.4) is 0 Å². The van der Waals surface area contributed by atoms with Gasteiger partial charge in [0.15, 0.2) is 0 Å². The van der Waals surface area contributed by atoms with Crippen LogP contribution in [0.25, 0.3) is 0 Å². The van der Waals surface area contributed by atoms with Crippen LogP contribution in [0.15, 0.2) is 29.2 Å². The molecule has 3 heteroatoms. The summed E-state index contributed by atoms with van der Waals surface area (Å²) in [6.07, 6.45) is 2.57. The number of nitrogens with one attached hydrogen (secondary N) is 1. The number of fused-ring (bicyclic) bond motifs is 2. The molecule has 2 heterocycles. The Morgan fingerprint density at radius 1 is 1.25 bits per heavy atom. The minimum Gasteiger partial charge on any atom is -0.306 e. The molecule has 3 rings (SSSR count). The summed E-state index contributed by atoms with van der Waals surface area (Å²) in [4.78, 5) is 3.87. The van der Waals surface area contributed by atoms with E-state index >= 15 is 0 Å². The van der Waals surface area contributed by atoms with Crippen LogP contribution in [-0.2, 0) is 5.41 Å². The van der Waals surface area contributed by atoms with Crippen LogP contribution in [0.4, 0.5) is 0 Å². The lowest BCUT2D eigenvalue weighted by Gasteiger charge is -2.44. The van der Waals surface area contributed by atoms with Crippen LogP contribution in [0.1, 0.15) is 18.4 Å². The van der Waals surface area contributed by atoms with Gasteiger partial charge >= 0.3 is 0 Å². The minimum absolute atomic E-state index is 0.397. The molecule has 0 bridgehead atoms. The van der Waals surface area contributed by atoms with Gasteiger partial charge in [0.25, 0.3) is 0 Å². The van der Waals surface area contributed by atoms with Gasteiger partial charge in [-0.1, -0.05) is 18.2 Å². The quantitative estimate of drug-likeness (QED) is 0.693. The van der Waals surface area contributed by atoms with Gasteiger partial charge in [-0.3, -0.25) is 4.72 Å². The predicted molar refractivity (Wildman–Crippen MR) is 68.7 cm³/mol. The van der Waals surface area contributed by atoms with E-state index in [9.17, 15) is 0 Å². The molecule has 1 spiro atoms. The van der Waals surface area contributed by atoms with Crippen molar-refractivity contribution in [2.24, 2.45) is 0 Å². The predicted octanol–water partition coefficient (Wildman–Crippen LogP) is 2.26. The lowest BCUT2D eigenvalue weighted by Crippen LogP contribution is -2.47. The second-order valence-electron chi connectivity index (χ2n) is 5.00. The van der Waals surface area contributed by atoms with E-state index in [2.05, 4.69) is 40.9 Å².